The first-order valence-corrected chi connectivity index (χ1v) is 11.2. The molecule has 3 aliphatic heterocycles. The van der Waals surface area contributed by atoms with Crippen LogP contribution in [0.5, 0.6) is 0 Å². The third-order valence-corrected chi connectivity index (χ3v) is 6.66. The van der Waals surface area contributed by atoms with Gasteiger partial charge in [-0.2, -0.15) is 0 Å². The highest BCUT2D eigenvalue weighted by Crippen LogP contribution is 2.23. The van der Waals surface area contributed by atoms with Crippen molar-refractivity contribution in [2.24, 2.45) is 16.8 Å². The van der Waals surface area contributed by atoms with Gasteiger partial charge in [0.15, 0.2) is 5.96 Å². The Bertz CT molecular complexity index is 642. The normalized spacial score (nSPS) is 27.3. The molecule has 3 aliphatic rings. The van der Waals surface area contributed by atoms with Crippen molar-refractivity contribution >= 4 is 5.96 Å². The van der Waals surface area contributed by atoms with Crippen LogP contribution in [-0.4, -0.2) is 88.0 Å². The molecule has 0 bridgehead atoms. The molecule has 0 saturated carbocycles. The van der Waals surface area contributed by atoms with E-state index < -0.39 is 0 Å². The molecule has 1 N–H and O–H groups in total. The van der Waals surface area contributed by atoms with Gasteiger partial charge in [-0.15, -0.1) is 0 Å². The predicted octanol–water partition coefficient (Wildman–Crippen LogP) is 1.86. The first kappa shape index (κ1) is 20.6. The fourth-order valence-corrected chi connectivity index (χ4v) is 5.03. The monoisotopic (exact) mass is 400 g/mol. The molecule has 1 aromatic rings. The van der Waals surface area contributed by atoms with Crippen LogP contribution in [0.15, 0.2) is 35.3 Å². The van der Waals surface area contributed by atoms with Gasteiger partial charge in [-0.3, -0.25) is 9.89 Å². The lowest BCUT2D eigenvalue weighted by molar-refractivity contribution is 0.00236. The Balaban J connectivity index is 1.31. The second-order valence-electron chi connectivity index (χ2n) is 8.56. The van der Waals surface area contributed by atoms with Crippen LogP contribution < -0.4 is 5.32 Å². The molecule has 0 amide bonds. The van der Waals surface area contributed by atoms with Crippen LogP contribution in [0.2, 0.25) is 0 Å². The summed E-state index contributed by atoms with van der Waals surface area (Å²) in [5, 5.41) is 3.71. The fraction of sp³-hybridized carbons (Fsp3) is 0.696. The molecule has 0 aliphatic carbocycles. The number of morpholine rings is 1. The molecule has 6 heteroatoms. The van der Waals surface area contributed by atoms with Gasteiger partial charge >= 0.3 is 0 Å². The van der Waals surface area contributed by atoms with Crippen LogP contribution in [0.25, 0.3) is 0 Å². The van der Waals surface area contributed by atoms with Crippen LogP contribution in [0.4, 0.5) is 0 Å². The zero-order valence-electron chi connectivity index (χ0n) is 17.8. The van der Waals surface area contributed by atoms with Crippen LogP contribution in [0.3, 0.4) is 0 Å². The van der Waals surface area contributed by atoms with Gasteiger partial charge in [-0.05, 0) is 30.7 Å². The van der Waals surface area contributed by atoms with E-state index in [1.54, 1.807) is 0 Å². The van der Waals surface area contributed by atoms with E-state index in [1.165, 1.54) is 12.0 Å². The number of benzene rings is 1. The number of ether oxygens (including phenoxy) is 2. The Morgan fingerprint density at radius 3 is 2.66 bits per heavy atom. The van der Waals surface area contributed by atoms with Gasteiger partial charge in [0.25, 0.3) is 0 Å². The van der Waals surface area contributed by atoms with Gasteiger partial charge in [0.05, 0.1) is 19.8 Å². The molecule has 3 saturated heterocycles. The van der Waals surface area contributed by atoms with Crippen LogP contribution >= 0.6 is 0 Å². The number of rotatable bonds is 6. The Morgan fingerprint density at radius 2 is 1.93 bits per heavy atom. The van der Waals surface area contributed by atoms with Gasteiger partial charge in [0, 0.05) is 58.3 Å². The van der Waals surface area contributed by atoms with E-state index in [-0.39, 0.29) is 0 Å². The topological polar surface area (TPSA) is 49.3 Å². The molecule has 0 spiro atoms. The maximum absolute atomic E-state index is 5.71. The molecule has 160 valence electrons. The summed E-state index contributed by atoms with van der Waals surface area (Å²) in [6, 6.07) is 11.3. The smallest absolute Gasteiger partial charge is 0.193 e. The molecular formula is C23H36N4O2. The lowest BCUT2D eigenvalue weighted by Gasteiger charge is -2.38. The van der Waals surface area contributed by atoms with Crippen molar-refractivity contribution in [3.63, 3.8) is 0 Å². The molecule has 1 aromatic carbocycles. The Labute approximate surface area is 175 Å². The largest absolute Gasteiger partial charge is 0.381 e. The van der Waals surface area contributed by atoms with Crippen molar-refractivity contribution in [3.8, 4) is 0 Å². The zero-order chi connectivity index (χ0) is 19.9. The van der Waals surface area contributed by atoms with Crippen LogP contribution in [-0.2, 0) is 15.9 Å². The number of hydrogen-bond donors (Lipinski definition) is 1. The number of guanidine groups is 1. The highest BCUT2D eigenvalue weighted by Gasteiger charge is 2.32. The van der Waals surface area contributed by atoms with Crippen molar-refractivity contribution in [1.29, 1.82) is 0 Å². The van der Waals surface area contributed by atoms with Crippen LogP contribution in [0, 0.1) is 11.8 Å². The summed E-state index contributed by atoms with van der Waals surface area (Å²) in [7, 11) is 1.91. The molecule has 4 rings (SSSR count). The molecule has 6 nitrogen and oxygen atoms in total. The van der Waals surface area contributed by atoms with Crippen molar-refractivity contribution in [2.75, 3.05) is 66.2 Å². The second-order valence-corrected chi connectivity index (χ2v) is 8.56. The minimum absolute atomic E-state index is 0.487. The van der Waals surface area contributed by atoms with Crippen molar-refractivity contribution in [3.05, 3.63) is 35.9 Å². The average molecular weight is 401 g/mol. The minimum Gasteiger partial charge on any atom is -0.381 e. The van der Waals surface area contributed by atoms with Crippen molar-refractivity contribution in [1.82, 2.24) is 15.1 Å². The SMILES string of the molecule is CN=C(NCC(C1CCOC1)N1CCOCC1)N1CCC(Cc2ccccc2)C1. The van der Waals surface area contributed by atoms with E-state index in [1.807, 2.05) is 7.05 Å². The number of hydrogen-bond acceptors (Lipinski definition) is 4. The second kappa shape index (κ2) is 10.4. The Kier molecular flexibility index (Phi) is 7.41. The number of likely N-dealkylation sites (tertiary alicyclic amines) is 1. The summed E-state index contributed by atoms with van der Waals surface area (Å²) in [6.45, 7) is 8.60. The lowest BCUT2D eigenvalue weighted by Crippen LogP contribution is -2.54. The summed E-state index contributed by atoms with van der Waals surface area (Å²) in [5.74, 6) is 2.36. The Morgan fingerprint density at radius 1 is 1.10 bits per heavy atom. The van der Waals surface area contributed by atoms with Crippen molar-refractivity contribution < 1.29 is 9.47 Å². The first-order valence-electron chi connectivity index (χ1n) is 11.2. The number of nitrogens with one attached hydrogen (secondary N) is 1. The molecule has 0 radical (unpaired) electrons. The summed E-state index contributed by atoms with van der Waals surface area (Å²) < 4.78 is 11.3. The molecule has 3 atom stereocenters. The van der Waals surface area contributed by atoms with E-state index in [0.29, 0.717) is 17.9 Å². The zero-order valence-corrected chi connectivity index (χ0v) is 17.8. The fourth-order valence-electron chi connectivity index (χ4n) is 5.03. The maximum atomic E-state index is 5.71. The predicted molar refractivity (Wildman–Crippen MR) is 116 cm³/mol. The van der Waals surface area contributed by atoms with Gasteiger partial charge < -0.3 is 19.7 Å². The molecule has 29 heavy (non-hydrogen) atoms. The maximum Gasteiger partial charge on any atom is 0.193 e. The molecule has 3 unspecified atom stereocenters. The van der Waals surface area contributed by atoms with Gasteiger partial charge in [-0.1, -0.05) is 30.3 Å². The van der Waals surface area contributed by atoms with Gasteiger partial charge in [-0.25, -0.2) is 0 Å². The summed E-state index contributed by atoms with van der Waals surface area (Å²) in [5.41, 5.74) is 1.44. The van der Waals surface area contributed by atoms with E-state index in [2.05, 4.69) is 50.4 Å². The van der Waals surface area contributed by atoms with Crippen molar-refractivity contribution in [2.45, 2.75) is 25.3 Å². The van der Waals surface area contributed by atoms with Gasteiger partial charge in [0.2, 0.25) is 0 Å². The Hall–Kier alpha value is -1.63. The number of nitrogens with zero attached hydrogens (tertiary/aromatic N) is 3. The average Bonchev–Trinajstić information content (AvgIpc) is 3.45. The third kappa shape index (κ3) is 5.50. The molecule has 0 aromatic heterocycles. The lowest BCUT2D eigenvalue weighted by atomic mass is 9.97. The first-order chi connectivity index (χ1) is 14.3. The standard InChI is InChI=1S/C23H36N4O2/c1-24-23(27-9-7-20(17-27)15-19-5-3-2-4-6-19)25-16-22(21-8-12-29-18-21)26-10-13-28-14-11-26/h2-6,20-22H,7-18H2,1H3,(H,24,25). The molecular weight excluding hydrogens is 364 g/mol. The van der Waals surface area contributed by atoms with E-state index in [4.69, 9.17) is 9.47 Å². The van der Waals surface area contributed by atoms with Crippen LogP contribution in [0.1, 0.15) is 18.4 Å². The third-order valence-electron chi connectivity index (χ3n) is 6.66. The van der Waals surface area contributed by atoms with E-state index in [0.717, 1.165) is 78.0 Å². The quantitative estimate of drug-likeness (QED) is 0.584. The summed E-state index contributed by atoms with van der Waals surface area (Å²) in [6.07, 6.45) is 3.55. The van der Waals surface area contributed by atoms with E-state index >= 15 is 0 Å². The van der Waals surface area contributed by atoms with E-state index in [9.17, 15) is 0 Å². The highest BCUT2D eigenvalue weighted by molar-refractivity contribution is 5.80. The van der Waals surface area contributed by atoms with Gasteiger partial charge in [0.1, 0.15) is 0 Å². The summed E-state index contributed by atoms with van der Waals surface area (Å²) in [4.78, 5) is 9.64. The minimum atomic E-state index is 0.487. The number of aliphatic imine (C=N–C) groups is 1. The molecule has 3 heterocycles. The highest BCUT2D eigenvalue weighted by atomic mass is 16.5. The molecule has 3 fully saturated rings. The summed E-state index contributed by atoms with van der Waals surface area (Å²) >= 11 is 0.